The molecule has 3 nitrogen and oxygen atoms in total. The first-order valence-corrected chi connectivity index (χ1v) is 9.01. The molecule has 0 radical (unpaired) electrons. The molecule has 110 valence electrons. The smallest absolute Gasteiger partial charge is 0.264 e. The van der Waals surface area contributed by atoms with Crippen LogP contribution in [0.1, 0.15) is 12.5 Å². The minimum absolute atomic E-state index is 0.267. The molecule has 1 heterocycles. The van der Waals surface area contributed by atoms with Crippen molar-refractivity contribution in [3.63, 3.8) is 0 Å². The van der Waals surface area contributed by atoms with E-state index in [0.717, 1.165) is 11.1 Å². The molecule has 0 aromatic heterocycles. The number of benzene rings is 2. The van der Waals surface area contributed by atoms with E-state index in [0.29, 0.717) is 14.8 Å². The Balaban J connectivity index is 2.45. The molecule has 21 heavy (non-hydrogen) atoms. The number of anilines is 1. The average Bonchev–Trinajstić information content (AvgIpc) is 2.41. The minimum atomic E-state index is -3.63. The van der Waals surface area contributed by atoms with Crippen molar-refractivity contribution < 1.29 is 12.8 Å². The van der Waals surface area contributed by atoms with Crippen LogP contribution in [0.4, 0.5) is 10.1 Å². The molecule has 0 fully saturated rings. The fraction of sp³-hybridized carbons (Fsp3) is 0.200. The van der Waals surface area contributed by atoms with E-state index in [1.807, 2.05) is 35.6 Å². The molecule has 0 unspecified atom stereocenters. The molecule has 3 rings (SSSR count). The number of fused-ring (bicyclic) bond motifs is 3. The zero-order chi connectivity index (χ0) is 15.4. The van der Waals surface area contributed by atoms with Crippen molar-refractivity contribution in [1.82, 2.24) is 0 Å². The Hall–Kier alpha value is -1.15. The van der Waals surface area contributed by atoms with Gasteiger partial charge in [0.05, 0.1) is 10.6 Å². The molecule has 0 spiro atoms. The predicted octanol–water partition coefficient (Wildman–Crippen LogP) is 3.93. The van der Waals surface area contributed by atoms with Crippen molar-refractivity contribution >= 4 is 38.3 Å². The Morgan fingerprint density at radius 1 is 1.19 bits per heavy atom. The van der Waals surface area contributed by atoms with Crippen molar-refractivity contribution in [2.75, 3.05) is 10.8 Å². The Labute approximate surface area is 137 Å². The van der Waals surface area contributed by atoms with Gasteiger partial charge in [-0.15, -0.1) is 0 Å². The number of halogens is 2. The molecule has 1 aliphatic heterocycles. The second-order valence-electron chi connectivity index (χ2n) is 4.95. The number of hydrogen-bond donors (Lipinski definition) is 0. The summed E-state index contributed by atoms with van der Waals surface area (Å²) in [4.78, 5) is 0.282. The number of sulfonamides is 1. The highest BCUT2D eigenvalue weighted by Crippen LogP contribution is 2.44. The van der Waals surface area contributed by atoms with Crippen LogP contribution in [0.3, 0.4) is 0 Å². The summed E-state index contributed by atoms with van der Waals surface area (Å²) in [6.45, 7) is 3.92. The van der Waals surface area contributed by atoms with Gasteiger partial charge in [0.1, 0.15) is 5.82 Å². The van der Waals surface area contributed by atoms with Gasteiger partial charge in [-0.1, -0.05) is 11.6 Å². The van der Waals surface area contributed by atoms with Gasteiger partial charge in [0.15, 0.2) is 0 Å². The van der Waals surface area contributed by atoms with E-state index in [-0.39, 0.29) is 11.4 Å². The summed E-state index contributed by atoms with van der Waals surface area (Å²) in [5.41, 5.74) is 2.79. The molecule has 2 aromatic rings. The molecular formula is C15H13FINO2S. The fourth-order valence-corrected chi connectivity index (χ4v) is 4.77. The highest BCUT2D eigenvalue weighted by molar-refractivity contribution is 14.1. The van der Waals surface area contributed by atoms with Crippen LogP contribution in [0.5, 0.6) is 0 Å². The SMILES string of the molecule is CCN1c2cc(F)c(I)cc2-c2cc(C)ccc2S1(=O)=O. The van der Waals surface area contributed by atoms with Gasteiger partial charge in [0, 0.05) is 21.2 Å². The third-order valence-electron chi connectivity index (χ3n) is 3.59. The topological polar surface area (TPSA) is 37.4 Å². The van der Waals surface area contributed by atoms with Crippen molar-refractivity contribution in [1.29, 1.82) is 0 Å². The van der Waals surface area contributed by atoms with Gasteiger partial charge in [-0.25, -0.2) is 12.8 Å². The lowest BCUT2D eigenvalue weighted by Gasteiger charge is -2.31. The lowest BCUT2D eigenvalue weighted by Crippen LogP contribution is -2.34. The fourth-order valence-electron chi connectivity index (χ4n) is 2.63. The quantitative estimate of drug-likeness (QED) is 0.660. The Bertz CT molecular complexity index is 849. The predicted molar refractivity (Wildman–Crippen MR) is 89.5 cm³/mol. The largest absolute Gasteiger partial charge is 0.266 e. The van der Waals surface area contributed by atoms with E-state index in [9.17, 15) is 12.8 Å². The molecule has 0 amide bonds. The lowest BCUT2D eigenvalue weighted by molar-refractivity contribution is 0.590. The molecule has 0 saturated carbocycles. The van der Waals surface area contributed by atoms with Crippen molar-refractivity contribution in [3.05, 3.63) is 45.3 Å². The first-order chi connectivity index (χ1) is 9.86. The van der Waals surface area contributed by atoms with Crippen LogP contribution >= 0.6 is 22.6 Å². The van der Waals surface area contributed by atoms with Gasteiger partial charge < -0.3 is 0 Å². The summed E-state index contributed by atoms with van der Waals surface area (Å²) in [7, 11) is -3.63. The second kappa shape index (κ2) is 4.95. The summed E-state index contributed by atoms with van der Waals surface area (Å²) in [6.07, 6.45) is 0. The molecule has 0 aliphatic carbocycles. The normalized spacial score (nSPS) is 15.5. The van der Waals surface area contributed by atoms with Crippen LogP contribution in [0.2, 0.25) is 0 Å². The van der Waals surface area contributed by atoms with Gasteiger partial charge in [-0.2, -0.15) is 0 Å². The van der Waals surface area contributed by atoms with Gasteiger partial charge in [-0.3, -0.25) is 4.31 Å². The highest BCUT2D eigenvalue weighted by atomic mass is 127. The summed E-state index contributed by atoms with van der Waals surface area (Å²) in [6, 6.07) is 8.27. The van der Waals surface area contributed by atoms with Crippen LogP contribution in [-0.2, 0) is 10.0 Å². The van der Waals surface area contributed by atoms with E-state index in [1.54, 1.807) is 25.1 Å². The van der Waals surface area contributed by atoms with E-state index in [4.69, 9.17) is 0 Å². The Morgan fingerprint density at radius 2 is 1.90 bits per heavy atom. The van der Waals surface area contributed by atoms with Crippen molar-refractivity contribution in [2.24, 2.45) is 0 Å². The van der Waals surface area contributed by atoms with E-state index >= 15 is 0 Å². The molecule has 2 aromatic carbocycles. The monoisotopic (exact) mass is 417 g/mol. The molecule has 0 atom stereocenters. The summed E-state index contributed by atoms with van der Waals surface area (Å²) >= 11 is 1.92. The maximum atomic E-state index is 13.9. The second-order valence-corrected chi connectivity index (χ2v) is 7.95. The first kappa shape index (κ1) is 14.8. The highest BCUT2D eigenvalue weighted by Gasteiger charge is 2.34. The molecule has 0 bridgehead atoms. The van der Waals surface area contributed by atoms with Crippen LogP contribution in [0.25, 0.3) is 11.1 Å². The first-order valence-electron chi connectivity index (χ1n) is 6.49. The zero-order valence-electron chi connectivity index (χ0n) is 11.5. The van der Waals surface area contributed by atoms with E-state index in [2.05, 4.69) is 0 Å². The Kier molecular flexibility index (Phi) is 3.48. The minimum Gasteiger partial charge on any atom is -0.266 e. The van der Waals surface area contributed by atoms with Gasteiger partial charge >= 0.3 is 0 Å². The molecule has 0 N–H and O–H groups in total. The molecular weight excluding hydrogens is 404 g/mol. The van der Waals surface area contributed by atoms with Crippen molar-refractivity contribution in [2.45, 2.75) is 18.7 Å². The summed E-state index contributed by atoms with van der Waals surface area (Å²) in [5.74, 6) is -0.404. The van der Waals surface area contributed by atoms with Crippen LogP contribution < -0.4 is 4.31 Å². The number of hydrogen-bond acceptors (Lipinski definition) is 2. The summed E-state index contributed by atoms with van der Waals surface area (Å²) in [5, 5.41) is 0. The number of nitrogens with zero attached hydrogens (tertiary/aromatic N) is 1. The third kappa shape index (κ3) is 2.15. The molecule has 0 saturated heterocycles. The van der Waals surface area contributed by atoms with Gasteiger partial charge in [0.2, 0.25) is 0 Å². The van der Waals surface area contributed by atoms with E-state index < -0.39 is 15.8 Å². The van der Waals surface area contributed by atoms with Crippen molar-refractivity contribution in [3.8, 4) is 11.1 Å². The van der Waals surface area contributed by atoms with Gasteiger partial charge in [-0.05, 0) is 60.7 Å². The number of aryl methyl sites for hydroxylation is 1. The number of rotatable bonds is 1. The lowest BCUT2D eigenvalue weighted by atomic mass is 10.0. The Morgan fingerprint density at radius 3 is 2.57 bits per heavy atom. The van der Waals surface area contributed by atoms with Crippen LogP contribution in [0, 0.1) is 16.3 Å². The summed E-state index contributed by atoms with van der Waals surface area (Å²) < 4.78 is 41.1. The maximum absolute atomic E-state index is 13.9. The third-order valence-corrected chi connectivity index (χ3v) is 6.36. The maximum Gasteiger partial charge on any atom is 0.264 e. The zero-order valence-corrected chi connectivity index (χ0v) is 14.5. The van der Waals surface area contributed by atoms with Crippen LogP contribution in [0.15, 0.2) is 35.2 Å². The molecule has 1 aliphatic rings. The van der Waals surface area contributed by atoms with E-state index in [1.165, 1.54) is 10.4 Å². The standard InChI is InChI=1S/C15H13FINO2S/c1-3-18-14-8-12(16)13(17)7-10(14)11-6-9(2)4-5-15(11)21(18,19)20/h4-8H,3H2,1-2H3. The molecule has 6 heteroatoms. The van der Waals surface area contributed by atoms with Gasteiger partial charge in [0.25, 0.3) is 10.0 Å². The average molecular weight is 417 g/mol. The van der Waals surface area contributed by atoms with Crippen LogP contribution in [-0.4, -0.2) is 15.0 Å².